The molecule has 3 rings (SSSR count). The zero-order valence-electron chi connectivity index (χ0n) is 13.2. The lowest BCUT2D eigenvalue weighted by molar-refractivity contribution is 0.185. The molecule has 0 aliphatic carbocycles. The molecule has 1 unspecified atom stereocenters. The highest BCUT2D eigenvalue weighted by Crippen LogP contribution is 2.20. The SMILES string of the molecule is CCCC1CN(Cc2nn(CC)c3ccccc23)CCN1. The maximum Gasteiger partial charge on any atom is 0.0843 e. The highest BCUT2D eigenvalue weighted by molar-refractivity contribution is 5.81. The molecule has 0 bridgehead atoms. The van der Waals surface area contributed by atoms with Crippen molar-refractivity contribution in [3.05, 3.63) is 30.0 Å². The summed E-state index contributed by atoms with van der Waals surface area (Å²) in [6, 6.07) is 9.23. The van der Waals surface area contributed by atoms with Gasteiger partial charge in [0.05, 0.1) is 11.2 Å². The molecule has 0 spiro atoms. The Balaban J connectivity index is 1.78. The third-order valence-electron chi connectivity index (χ3n) is 4.38. The number of piperazine rings is 1. The van der Waals surface area contributed by atoms with Gasteiger partial charge in [-0.3, -0.25) is 9.58 Å². The van der Waals surface area contributed by atoms with E-state index in [4.69, 9.17) is 5.10 Å². The van der Waals surface area contributed by atoms with Gasteiger partial charge in [-0.1, -0.05) is 31.5 Å². The zero-order valence-corrected chi connectivity index (χ0v) is 13.2. The second-order valence-corrected chi connectivity index (χ2v) is 5.95. The molecule has 1 fully saturated rings. The van der Waals surface area contributed by atoms with Crippen LogP contribution in [-0.2, 0) is 13.1 Å². The molecule has 21 heavy (non-hydrogen) atoms. The van der Waals surface area contributed by atoms with Crippen molar-refractivity contribution in [2.75, 3.05) is 19.6 Å². The minimum absolute atomic E-state index is 0.642. The van der Waals surface area contributed by atoms with Gasteiger partial charge in [0.1, 0.15) is 0 Å². The van der Waals surface area contributed by atoms with E-state index >= 15 is 0 Å². The van der Waals surface area contributed by atoms with Crippen molar-refractivity contribution in [3.8, 4) is 0 Å². The minimum atomic E-state index is 0.642. The molecule has 1 aliphatic heterocycles. The molecule has 2 aromatic rings. The molecule has 4 nitrogen and oxygen atoms in total. The van der Waals surface area contributed by atoms with Crippen LogP contribution in [0.2, 0.25) is 0 Å². The quantitative estimate of drug-likeness (QED) is 0.917. The fourth-order valence-corrected chi connectivity index (χ4v) is 3.35. The number of hydrogen-bond donors (Lipinski definition) is 1. The van der Waals surface area contributed by atoms with Gasteiger partial charge in [-0.25, -0.2) is 0 Å². The number of rotatable bonds is 5. The van der Waals surface area contributed by atoms with Crippen LogP contribution in [0.1, 0.15) is 32.4 Å². The summed E-state index contributed by atoms with van der Waals surface area (Å²) in [6.45, 7) is 9.67. The van der Waals surface area contributed by atoms with Crippen molar-refractivity contribution in [1.82, 2.24) is 20.0 Å². The summed E-state index contributed by atoms with van der Waals surface area (Å²) in [5, 5.41) is 9.76. The van der Waals surface area contributed by atoms with Crippen LogP contribution in [0.25, 0.3) is 10.9 Å². The van der Waals surface area contributed by atoms with E-state index in [1.807, 2.05) is 0 Å². The van der Waals surface area contributed by atoms with E-state index in [1.165, 1.54) is 29.4 Å². The van der Waals surface area contributed by atoms with Gasteiger partial charge in [-0.05, 0) is 19.4 Å². The van der Waals surface area contributed by atoms with Gasteiger partial charge >= 0.3 is 0 Å². The van der Waals surface area contributed by atoms with Gasteiger partial charge < -0.3 is 5.32 Å². The smallest absolute Gasteiger partial charge is 0.0843 e. The fraction of sp³-hybridized carbons (Fsp3) is 0.588. The predicted molar refractivity (Wildman–Crippen MR) is 87.4 cm³/mol. The Labute approximate surface area is 127 Å². The third-order valence-corrected chi connectivity index (χ3v) is 4.38. The van der Waals surface area contributed by atoms with Gasteiger partial charge in [-0.15, -0.1) is 0 Å². The van der Waals surface area contributed by atoms with Crippen LogP contribution >= 0.6 is 0 Å². The molecule has 1 saturated heterocycles. The Bertz CT molecular complexity index is 587. The molecule has 1 N–H and O–H groups in total. The molecule has 0 radical (unpaired) electrons. The molecule has 1 atom stereocenters. The Morgan fingerprint density at radius 3 is 2.95 bits per heavy atom. The van der Waals surface area contributed by atoms with E-state index < -0.39 is 0 Å². The van der Waals surface area contributed by atoms with E-state index in [0.29, 0.717) is 6.04 Å². The van der Waals surface area contributed by atoms with Crippen molar-refractivity contribution < 1.29 is 0 Å². The van der Waals surface area contributed by atoms with Crippen LogP contribution in [-0.4, -0.2) is 40.4 Å². The molecule has 1 aromatic carbocycles. The molecule has 114 valence electrons. The Hall–Kier alpha value is -1.39. The number of para-hydroxylation sites is 1. The Kier molecular flexibility index (Phi) is 4.56. The van der Waals surface area contributed by atoms with Crippen LogP contribution in [0.15, 0.2) is 24.3 Å². The average Bonchev–Trinajstić information content (AvgIpc) is 2.86. The molecule has 4 heteroatoms. The normalized spacial score (nSPS) is 20.2. The summed E-state index contributed by atoms with van der Waals surface area (Å²) in [4.78, 5) is 2.55. The van der Waals surface area contributed by atoms with E-state index in [2.05, 4.69) is 53.0 Å². The highest BCUT2D eigenvalue weighted by atomic mass is 15.3. The molecule has 0 amide bonds. The standard InChI is InChI=1S/C17H26N4/c1-3-7-14-12-20(11-10-18-14)13-16-15-8-5-6-9-17(15)21(4-2)19-16/h5-6,8-9,14,18H,3-4,7,10-13H2,1-2H3. The second-order valence-electron chi connectivity index (χ2n) is 5.95. The first-order chi connectivity index (χ1) is 10.3. The van der Waals surface area contributed by atoms with Gasteiger partial charge in [0, 0.05) is 44.2 Å². The van der Waals surface area contributed by atoms with Gasteiger partial charge in [-0.2, -0.15) is 5.10 Å². The number of nitrogens with one attached hydrogen (secondary N) is 1. The maximum absolute atomic E-state index is 4.83. The predicted octanol–water partition coefficient (Wildman–Crippen LogP) is 2.63. The number of aromatic nitrogens is 2. The van der Waals surface area contributed by atoms with E-state index in [1.54, 1.807) is 0 Å². The summed E-state index contributed by atoms with van der Waals surface area (Å²) >= 11 is 0. The lowest BCUT2D eigenvalue weighted by atomic mass is 10.1. The lowest BCUT2D eigenvalue weighted by Gasteiger charge is -2.33. The van der Waals surface area contributed by atoms with Gasteiger partial charge in [0.15, 0.2) is 0 Å². The largest absolute Gasteiger partial charge is 0.311 e. The number of hydrogen-bond acceptors (Lipinski definition) is 3. The van der Waals surface area contributed by atoms with Crippen LogP contribution < -0.4 is 5.32 Å². The number of benzene rings is 1. The first-order valence-corrected chi connectivity index (χ1v) is 8.22. The van der Waals surface area contributed by atoms with Crippen molar-refractivity contribution in [2.24, 2.45) is 0 Å². The van der Waals surface area contributed by atoms with Crippen molar-refractivity contribution in [1.29, 1.82) is 0 Å². The first kappa shape index (κ1) is 14.5. The first-order valence-electron chi connectivity index (χ1n) is 8.22. The summed E-state index contributed by atoms with van der Waals surface area (Å²) < 4.78 is 2.12. The van der Waals surface area contributed by atoms with Crippen molar-refractivity contribution >= 4 is 10.9 Å². The molecule has 0 saturated carbocycles. The summed E-state index contributed by atoms with van der Waals surface area (Å²) in [5.41, 5.74) is 2.49. The fourth-order valence-electron chi connectivity index (χ4n) is 3.35. The van der Waals surface area contributed by atoms with Gasteiger partial charge in [0.25, 0.3) is 0 Å². The zero-order chi connectivity index (χ0) is 14.7. The summed E-state index contributed by atoms with van der Waals surface area (Å²) in [6.07, 6.45) is 2.51. The Morgan fingerprint density at radius 2 is 2.14 bits per heavy atom. The molecular formula is C17H26N4. The molecule has 1 aliphatic rings. The average molecular weight is 286 g/mol. The minimum Gasteiger partial charge on any atom is -0.311 e. The maximum atomic E-state index is 4.83. The van der Waals surface area contributed by atoms with Crippen molar-refractivity contribution in [2.45, 2.75) is 45.8 Å². The Morgan fingerprint density at radius 1 is 1.29 bits per heavy atom. The molecule has 2 heterocycles. The molecular weight excluding hydrogens is 260 g/mol. The number of aryl methyl sites for hydroxylation is 1. The van der Waals surface area contributed by atoms with E-state index in [-0.39, 0.29) is 0 Å². The molecule has 1 aromatic heterocycles. The summed E-state index contributed by atoms with van der Waals surface area (Å²) in [5.74, 6) is 0. The van der Waals surface area contributed by atoms with Crippen LogP contribution in [0.3, 0.4) is 0 Å². The van der Waals surface area contributed by atoms with E-state index in [9.17, 15) is 0 Å². The van der Waals surface area contributed by atoms with Gasteiger partial charge in [0.2, 0.25) is 0 Å². The van der Waals surface area contributed by atoms with Crippen LogP contribution in [0, 0.1) is 0 Å². The van der Waals surface area contributed by atoms with Crippen molar-refractivity contribution in [3.63, 3.8) is 0 Å². The highest BCUT2D eigenvalue weighted by Gasteiger charge is 2.20. The second kappa shape index (κ2) is 6.58. The monoisotopic (exact) mass is 286 g/mol. The summed E-state index contributed by atoms with van der Waals surface area (Å²) in [7, 11) is 0. The number of fused-ring (bicyclic) bond motifs is 1. The van der Waals surface area contributed by atoms with E-state index in [0.717, 1.165) is 32.7 Å². The lowest BCUT2D eigenvalue weighted by Crippen LogP contribution is -2.50. The van der Waals surface area contributed by atoms with Crippen LogP contribution in [0.4, 0.5) is 0 Å². The number of nitrogens with zero attached hydrogens (tertiary/aromatic N) is 3. The van der Waals surface area contributed by atoms with Crippen LogP contribution in [0.5, 0.6) is 0 Å². The third kappa shape index (κ3) is 3.11. The topological polar surface area (TPSA) is 33.1 Å².